The van der Waals surface area contributed by atoms with Crippen molar-refractivity contribution >= 4 is 17.3 Å². The lowest BCUT2D eigenvalue weighted by molar-refractivity contribution is 0.443. The molecule has 0 amide bonds. The van der Waals surface area contributed by atoms with E-state index in [1.807, 2.05) is 0 Å². The highest BCUT2D eigenvalue weighted by molar-refractivity contribution is 6.32. The molecule has 0 aliphatic rings. The van der Waals surface area contributed by atoms with Gasteiger partial charge in [0.25, 0.3) is 5.56 Å². The van der Waals surface area contributed by atoms with E-state index in [4.69, 9.17) is 11.6 Å². The summed E-state index contributed by atoms with van der Waals surface area (Å²) in [5.41, 5.74) is 0.335. The normalized spacial score (nSPS) is 11.4. The van der Waals surface area contributed by atoms with Crippen LogP contribution in [0.15, 0.2) is 11.0 Å². The van der Waals surface area contributed by atoms with Gasteiger partial charge in [0.2, 0.25) is 0 Å². The molecule has 5 heteroatoms. The number of hydrogen-bond acceptors (Lipinski definition) is 3. The smallest absolute Gasteiger partial charge is 0.285 e. The molecule has 0 saturated carbocycles. The minimum atomic E-state index is -0.370. The minimum absolute atomic E-state index is 0.131. The van der Waals surface area contributed by atoms with E-state index < -0.39 is 0 Å². The predicted molar refractivity (Wildman–Crippen MR) is 57.8 cm³/mol. The Morgan fingerprint density at radius 3 is 2.79 bits per heavy atom. The summed E-state index contributed by atoms with van der Waals surface area (Å²) in [5.74, 6) is 0. The van der Waals surface area contributed by atoms with E-state index in [2.05, 4.69) is 36.3 Å². The first-order valence-electron chi connectivity index (χ1n) is 4.37. The van der Waals surface area contributed by atoms with Crippen LogP contribution in [0.1, 0.15) is 20.8 Å². The molecule has 0 aromatic carbocycles. The molecule has 0 atom stereocenters. The van der Waals surface area contributed by atoms with Gasteiger partial charge in [-0.05, 0) is 5.41 Å². The van der Waals surface area contributed by atoms with Gasteiger partial charge in [0, 0.05) is 6.54 Å². The van der Waals surface area contributed by atoms with Gasteiger partial charge >= 0.3 is 0 Å². The Hall–Kier alpha value is -1.03. The molecule has 0 spiro atoms. The molecule has 0 saturated heterocycles. The van der Waals surface area contributed by atoms with Gasteiger partial charge in [0.15, 0.2) is 0 Å². The fraction of sp³-hybridized carbons (Fsp3) is 0.556. The molecule has 0 aliphatic heterocycles. The van der Waals surface area contributed by atoms with Gasteiger partial charge in [-0.25, -0.2) is 5.10 Å². The Bertz CT molecular complexity index is 367. The highest BCUT2D eigenvalue weighted by Gasteiger charge is 2.11. The van der Waals surface area contributed by atoms with Gasteiger partial charge in [0.1, 0.15) is 5.02 Å². The number of aromatic nitrogens is 2. The van der Waals surface area contributed by atoms with E-state index in [-0.39, 0.29) is 16.0 Å². The zero-order chi connectivity index (χ0) is 10.8. The van der Waals surface area contributed by atoms with Crippen molar-refractivity contribution < 1.29 is 0 Å². The van der Waals surface area contributed by atoms with Gasteiger partial charge < -0.3 is 5.32 Å². The van der Waals surface area contributed by atoms with Gasteiger partial charge in [-0.2, -0.15) is 5.10 Å². The average Bonchev–Trinajstić information content (AvgIpc) is 2.06. The molecule has 1 aromatic heterocycles. The second-order valence-electron chi connectivity index (χ2n) is 4.34. The standard InChI is InChI=1S/C9H14ClN3O/c1-9(2,3)5-11-6-4-12-13-8(14)7(6)10/h4H,5H2,1-3H3,(H2,11,13,14). The van der Waals surface area contributed by atoms with Crippen LogP contribution in [0.2, 0.25) is 5.02 Å². The lowest BCUT2D eigenvalue weighted by Crippen LogP contribution is -2.21. The Kier molecular flexibility index (Phi) is 3.16. The molecule has 78 valence electrons. The third kappa shape index (κ3) is 3.03. The molecule has 2 N–H and O–H groups in total. The van der Waals surface area contributed by atoms with Gasteiger partial charge in [-0.1, -0.05) is 32.4 Å². The van der Waals surface area contributed by atoms with E-state index in [1.54, 1.807) is 0 Å². The molecule has 14 heavy (non-hydrogen) atoms. The lowest BCUT2D eigenvalue weighted by atomic mass is 9.97. The third-order valence-corrected chi connectivity index (χ3v) is 1.98. The van der Waals surface area contributed by atoms with Crippen molar-refractivity contribution in [3.63, 3.8) is 0 Å². The fourth-order valence-electron chi connectivity index (χ4n) is 0.867. The Labute approximate surface area is 87.7 Å². The van der Waals surface area contributed by atoms with Crippen molar-refractivity contribution in [2.24, 2.45) is 5.41 Å². The molecule has 0 fully saturated rings. The molecule has 1 heterocycles. The fourth-order valence-corrected chi connectivity index (χ4v) is 1.03. The van der Waals surface area contributed by atoms with E-state index in [0.717, 1.165) is 6.54 Å². The molecule has 0 unspecified atom stereocenters. The number of rotatable bonds is 2. The highest BCUT2D eigenvalue weighted by Crippen LogP contribution is 2.18. The van der Waals surface area contributed by atoms with Gasteiger partial charge in [-0.3, -0.25) is 4.79 Å². The van der Waals surface area contributed by atoms with E-state index in [1.165, 1.54) is 6.20 Å². The second-order valence-corrected chi connectivity index (χ2v) is 4.72. The van der Waals surface area contributed by atoms with Gasteiger partial charge in [-0.15, -0.1) is 0 Å². The molecule has 0 radical (unpaired) electrons. The van der Waals surface area contributed by atoms with E-state index >= 15 is 0 Å². The monoisotopic (exact) mass is 215 g/mol. The number of halogens is 1. The quantitative estimate of drug-likeness (QED) is 0.792. The van der Waals surface area contributed by atoms with Crippen LogP contribution in [0, 0.1) is 5.41 Å². The van der Waals surface area contributed by atoms with E-state index in [0.29, 0.717) is 5.69 Å². The summed E-state index contributed by atoms with van der Waals surface area (Å²) in [6, 6.07) is 0. The number of aromatic amines is 1. The van der Waals surface area contributed by atoms with Crippen LogP contribution in [0.5, 0.6) is 0 Å². The number of nitrogens with one attached hydrogen (secondary N) is 2. The summed E-state index contributed by atoms with van der Waals surface area (Å²) in [7, 11) is 0. The van der Waals surface area contributed by atoms with Crippen molar-refractivity contribution in [3.8, 4) is 0 Å². The Balaban J connectivity index is 2.78. The van der Waals surface area contributed by atoms with Crippen molar-refractivity contribution in [1.82, 2.24) is 10.2 Å². The van der Waals surface area contributed by atoms with E-state index in [9.17, 15) is 4.79 Å². The maximum atomic E-state index is 11.1. The predicted octanol–water partition coefficient (Wildman–Crippen LogP) is 1.88. The average molecular weight is 216 g/mol. The van der Waals surface area contributed by atoms with Crippen LogP contribution in [-0.2, 0) is 0 Å². The van der Waals surface area contributed by atoms with Gasteiger partial charge in [0.05, 0.1) is 11.9 Å². The summed E-state index contributed by atoms with van der Waals surface area (Å²) < 4.78 is 0. The molecule has 1 rings (SSSR count). The molecule has 0 aliphatic carbocycles. The Morgan fingerprint density at radius 2 is 2.21 bits per heavy atom. The van der Waals surface area contributed by atoms with Crippen LogP contribution >= 0.6 is 11.6 Å². The SMILES string of the molecule is CC(C)(C)CNc1cn[nH]c(=O)c1Cl. The summed E-state index contributed by atoms with van der Waals surface area (Å²) in [6.45, 7) is 7.01. The largest absolute Gasteiger partial charge is 0.382 e. The molecule has 4 nitrogen and oxygen atoms in total. The lowest BCUT2D eigenvalue weighted by Gasteiger charge is -2.19. The Morgan fingerprint density at radius 1 is 1.57 bits per heavy atom. The minimum Gasteiger partial charge on any atom is -0.382 e. The second kappa shape index (κ2) is 4.00. The van der Waals surface area contributed by atoms with Crippen molar-refractivity contribution in [2.45, 2.75) is 20.8 Å². The molecule has 1 aromatic rings. The van der Waals surface area contributed by atoms with Crippen molar-refractivity contribution in [2.75, 3.05) is 11.9 Å². The number of nitrogens with zero attached hydrogens (tertiary/aromatic N) is 1. The van der Waals surface area contributed by atoms with Crippen LogP contribution < -0.4 is 10.9 Å². The van der Waals surface area contributed by atoms with Crippen LogP contribution in [0.25, 0.3) is 0 Å². The molecule has 0 bridgehead atoms. The summed E-state index contributed by atoms with van der Waals surface area (Å²) >= 11 is 5.78. The summed E-state index contributed by atoms with van der Waals surface area (Å²) in [4.78, 5) is 11.1. The van der Waals surface area contributed by atoms with Crippen LogP contribution in [-0.4, -0.2) is 16.7 Å². The molecular weight excluding hydrogens is 202 g/mol. The van der Waals surface area contributed by atoms with Crippen LogP contribution in [0.3, 0.4) is 0 Å². The first-order chi connectivity index (χ1) is 6.40. The number of H-pyrrole nitrogens is 1. The zero-order valence-corrected chi connectivity index (χ0v) is 9.27. The summed E-state index contributed by atoms with van der Waals surface area (Å²) in [5, 5.41) is 9.16. The maximum Gasteiger partial charge on any atom is 0.285 e. The topological polar surface area (TPSA) is 57.8 Å². The summed E-state index contributed by atoms with van der Waals surface area (Å²) in [6.07, 6.45) is 1.51. The van der Waals surface area contributed by atoms with Crippen molar-refractivity contribution in [3.05, 3.63) is 21.6 Å². The first-order valence-corrected chi connectivity index (χ1v) is 4.75. The maximum absolute atomic E-state index is 11.1. The van der Waals surface area contributed by atoms with Crippen molar-refractivity contribution in [1.29, 1.82) is 0 Å². The third-order valence-electron chi connectivity index (χ3n) is 1.60. The zero-order valence-electron chi connectivity index (χ0n) is 8.52. The van der Waals surface area contributed by atoms with Crippen LogP contribution in [0.4, 0.5) is 5.69 Å². The molecular formula is C9H14ClN3O. The highest BCUT2D eigenvalue weighted by atomic mass is 35.5. The first kappa shape index (κ1) is 11.0. The number of hydrogen-bond donors (Lipinski definition) is 2. The number of anilines is 1.